The average Bonchev–Trinajstić information content (AvgIpc) is 2.82. The van der Waals surface area contributed by atoms with E-state index < -0.39 is 52.0 Å². The van der Waals surface area contributed by atoms with Gasteiger partial charge in [-0.3, -0.25) is 14.4 Å². The Labute approximate surface area is 215 Å². The molecule has 4 rings (SSSR count). The largest absolute Gasteiger partial charge is 0.511 e. The fourth-order valence-corrected chi connectivity index (χ4v) is 5.85. The highest BCUT2D eigenvalue weighted by atomic mass is 16.3. The summed E-state index contributed by atoms with van der Waals surface area (Å²) in [6, 6.07) is 1.84. The van der Waals surface area contributed by atoms with Gasteiger partial charge in [-0.25, -0.2) is 0 Å². The number of benzene rings is 1. The van der Waals surface area contributed by atoms with Crippen molar-refractivity contribution >= 4 is 23.2 Å². The molecular formula is C27H35N3O7. The number of aliphatic hydroxyl groups excluding tert-OH is 2. The molecule has 1 unspecified atom stereocenters. The Morgan fingerprint density at radius 3 is 2.51 bits per heavy atom. The lowest BCUT2D eigenvalue weighted by atomic mass is 9.60. The van der Waals surface area contributed by atoms with Crippen LogP contribution >= 0.6 is 0 Å². The molecule has 1 amide bonds. The maximum absolute atomic E-state index is 13.8. The predicted octanol–water partition coefficient (Wildman–Crippen LogP) is 1.78. The molecule has 0 fully saturated rings. The number of amides is 1. The number of allylic oxidation sites excluding steroid dienone is 2. The Morgan fingerprint density at radius 1 is 1.24 bits per heavy atom. The summed E-state index contributed by atoms with van der Waals surface area (Å²) in [5.74, 6) is -5.79. The minimum atomic E-state index is -2.56. The van der Waals surface area contributed by atoms with Crippen molar-refractivity contribution in [3.05, 3.63) is 45.4 Å². The number of anilines is 1. The minimum absolute atomic E-state index is 0.0307. The van der Waals surface area contributed by atoms with Gasteiger partial charge in [0.25, 0.3) is 5.91 Å². The number of carbonyl (C=O) groups excluding carboxylic acids is 3. The summed E-state index contributed by atoms with van der Waals surface area (Å²) in [7, 11) is 3.67. The van der Waals surface area contributed by atoms with Crippen LogP contribution in [0.25, 0.3) is 0 Å². The van der Waals surface area contributed by atoms with Gasteiger partial charge in [-0.15, -0.1) is 0 Å². The van der Waals surface area contributed by atoms with E-state index in [-0.39, 0.29) is 36.1 Å². The highest BCUT2D eigenvalue weighted by Gasteiger charge is 2.59. The van der Waals surface area contributed by atoms with E-state index in [0.29, 0.717) is 23.6 Å². The zero-order valence-electron chi connectivity index (χ0n) is 21.6. The Morgan fingerprint density at radius 2 is 1.92 bits per heavy atom. The van der Waals surface area contributed by atoms with Gasteiger partial charge in [0.1, 0.15) is 22.8 Å². The highest BCUT2D eigenvalue weighted by Crippen LogP contribution is 2.52. The normalized spacial score (nSPS) is 26.0. The number of nitrogens with two attached hydrogens (primary N) is 1. The third kappa shape index (κ3) is 4.08. The van der Waals surface area contributed by atoms with Crippen LogP contribution in [0.15, 0.2) is 28.7 Å². The number of rotatable bonds is 7. The van der Waals surface area contributed by atoms with E-state index in [1.807, 2.05) is 25.1 Å². The molecule has 37 heavy (non-hydrogen) atoms. The lowest BCUT2D eigenvalue weighted by molar-refractivity contribution is -0.144. The second kappa shape index (κ2) is 9.50. The second-order valence-electron chi connectivity index (χ2n) is 10.7. The number of hydrogen-bond donors (Lipinski definition) is 6. The van der Waals surface area contributed by atoms with Gasteiger partial charge in [0.15, 0.2) is 11.4 Å². The Bertz CT molecular complexity index is 1250. The fraction of sp³-hybridized carbons (Fsp3) is 0.519. The summed E-state index contributed by atoms with van der Waals surface area (Å²) in [5.41, 5.74) is 3.66. The highest BCUT2D eigenvalue weighted by molar-refractivity contribution is 6.24. The van der Waals surface area contributed by atoms with Crippen molar-refractivity contribution in [2.24, 2.45) is 23.5 Å². The fourth-order valence-electron chi connectivity index (χ4n) is 5.85. The number of nitrogens with zero attached hydrogens (tertiary/aromatic N) is 1. The van der Waals surface area contributed by atoms with E-state index in [2.05, 4.69) is 19.2 Å². The molecule has 0 saturated carbocycles. The van der Waals surface area contributed by atoms with Gasteiger partial charge in [0.2, 0.25) is 5.78 Å². The molecule has 0 spiro atoms. The number of Topliss-reactive ketones (excluding diaryl/α,β-unsaturated/α-hetero) is 2. The standard InChI is InChI=1S/C27H35N3O7/c1-5-12(2)10-29-11-14-8-17(30(3)4)16-7-13-6-15-9-18(31)21(26(28)36)25(35)27(15,37)24(34)19(13)23(33)20(16)22(14)32/h8,12-13,15,29,31-32,34,37H,5-7,9-11H2,1-4H3,(H2,28,36)/t12?,13-,15+,27+/m1/s1. The number of aliphatic hydroxyl groups is 3. The lowest BCUT2D eigenvalue weighted by Crippen LogP contribution is -2.57. The van der Waals surface area contributed by atoms with E-state index in [1.54, 1.807) is 0 Å². The SMILES string of the molecule is CCC(C)CNCc1cc(N(C)C)c2c(c1O)C(=O)C1=C(O)[C@]3(O)C(=O)C(C(N)=O)=C(O)C[C@@H]3C[C@@H]1C2. The second-order valence-corrected chi connectivity index (χ2v) is 10.7. The van der Waals surface area contributed by atoms with Crippen LogP contribution in [0.5, 0.6) is 5.75 Å². The summed E-state index contributed by atoms with van der Waals surface area (Å²) in [6.07, 6.45) is 1.12. The quantitative estimate of drug-likeness (QED) is 0.297. The maximum atomic E-state index is 13.8. The molecule has 0 aliphatic heterocycles. The monoisotopic (exact) mass is 513 g/mol. The average molecular weight is 514 g/mol. The molecule has 10 heteroatoms. The van der Waals surface area contributed by atoms with Crippen molar-refractivity contribution in [2.75, 3.05) is 25.5 Å². The molecule has 0 radical (unpaired) electrons. The summed E-state index contributed by atoms with van der Waals surface area (Å²) >= 11 is 0. The molecule has 1 aromatic rings. The summed E-state index contributed by atoms with van der Waals surface area (Å²) in [5, 5.41) is 47.4. The first-order valence-electron chi connectivity index (χ1n) is 12.6. The molecular weight excluding hydrogens is 478 g/mol. The number of nitrogens with one attached hydrogen (secondary N) is 1. The van der Waals surface area contributed by atoms with Gasteiger partial charge in [-0.05, 0) is 42.9 Å². The zero-order valence-corrected chi connectivity index (χ0v) is 21.6. The topological polar surface area (TPSA) is 173 Å². The minimum Gasteiger partial charge on any atom is -0.511 e. The first-order valence-corrected chi connectivity index (χ1v) is 12.6. The van der Waals surface area contributed by atoms with E-state index in [1.165, 1.54) is 0 Å². The van der Waals surface area contributed by atoms with Gasteiger partial charge >= 0.3 is 0 Å². The van der Waals surface area contributed by atoms with Gasteiger partial charge < -0.3 is 36.4 Å². The third-order valence-electron chi connectivity index (χ3n) is 8.10. The number of phenols is 1. The molecule has 3 aliphatic carbocycles. The third-order valence-corrected chi connectivity index (χ3v) is 8.10. The van der Waals surface area contributed by atoms with Crippen molar-refractivity contribution in [1.29, 1.82) is 0 Å². The number of fused-ring (bicyclic) bond motifs is 3. The van der Waals surface area contributed by atoms with Crippen LogP contribution < -0.4 is 16.0 Å². The van der Waals surface area contributed by atoms with Crippen molar-refractivity contribution in [3.8, 4) is 5.75 Å². The zero-order chi connectivity index (χ0) is 27.4. The van der Waals surface area contributed by atoms with Crippen molar-refractivity contribution in [2.45, 2.75) is 51.7 Å². The number of carbonyl (C=O) groups is 3. The number of aromatic hydroxyl groups is 1. The van der Waals surface area contributed by atoms with Crippen molar-refractivity contribution < 1.29 is 34.8 Å². The molecule has 0 aromatic heterocycles. The number of phenolic OH excluding ortho intramolecular Hbond substituents is 1. The Hall–Kier alpha value is -3.37. The first-order chi connectivity index (χ1) is 17.3. The Balaban J connectivity index is 1.83. The number of primary amides is 1. The van der Waals surface area contributed by atoms with E-state index in [0.717, 1.165) is 18.7 Å². The summed E-state index contributed by atoms with van der Waals surface area (Å²) < 4.78 is 0. The smallest absolute Gasteiger partial charge is 0.255 e. The van der Waals surface area contributed by atoms with Crippen LogP contribution in [-0.2, 0) is 22.6 Å². The molecule has 1 aromatic carbocycles. The molecule has 0 bridgehead atoms. The molecule has 10 nitrogen and oxygen atoms in total. The van der Waals surface area contributed by atoms with Crippen LogP contribution in [0.2, 0.25) is 0 Å². The number of hydrogen-bond acceptors (Lipinski definition) is 9. The van der Waals surface area contributed by atoms with Crippen LogP contribution in [0, 0.1) is 17.8 Å². The maximum Gasteiger partial charge on any atom is 0.255 e. The molecule has 7 N–H and O–H groups in total. The van der Waals surface area contributed by atoms with Crippen LogP contribution in [0.4, 0.5) is 5.69 Å². The number of ketones is 2. The Kier molecular flexibility index (Phi) is 6.85. The molecule has 4 atom stereocenters. The van der Waals surface area contributed by atoms with Gasteiger partial charge in [0, 0.05) is 49.8 Å². The van der Waals surface area contributed by atoms with E-state index in [4.69, 9.17) is 5.73 Å². The van der Waals surface area contributed by atoms with Crippen LogP contribution in [0.3, 0.4) is 0 Å². The first kappa shape index (κ1) is 26.7. The van der Waals surface area contributed by atoms with E-state index >= 15 is 0 Å². The van der Waals surface area contributed by atoms with Crippen LogP contribution in [0.1, 0.15) is 54.6 Å². The van der Waals surface area contributed by atoms with Crippen molar-refractivity contribution in [1.82, 2.24) is 5.32 Å². The molecule has 0 saturated heterocycles. The van der Waals surface area contributed by atoms with Gasteiger partial charge in [-0.2, -0.15) is 0 Å². The van der Waals surface area contributed by atoms with Crippen LogP contribution in [-0.4, -0.2) is 64.1 Å². The van der Waals surface area contributed by atoms with Gasteiger partial charge in [-0.1, -0.05) is 20.3 Å². The molecule has 200 valence electrons. The predicted molar refractivity (Wildman–Crippen MR) is 136 cm³/mol. The lowest BCUT2D eigenvalue weighted by Gasteiger charge is -2.46. The van der Waals surface area contributed by atoms with E-state index in [9.17, 15) is 34.8 Å². The molecule has 3 aliphatic rings. The summed E-state index contributed by atoms with van der Waals surface area (Å²) in [4.78, 5) is 40.6. The van der Waals surface area contributed by atoms with Gasteiger partial charge in [0.05, 0.1) is 5.56 Å². The summed E-state index contributed by atoms with van der Waals surface area (Å²) in [6.45, 7) is 5.25. The van der Waals surface area contributed by atoms with Crippen molar-refractivity contribution in [3.63, 3.8) is 0 Å². The molecule has 0 heterocycles.